The lowest BCUT2D eigenvalue weighted by Gasteiger charge is -2.22. The van der Waals surface area contributed by atoms with Gasteiger partial charge in [0.1, 0.15) is 6.04 Å². The Labute approximate surface area is 92.4 Å². The van der Waals surface area contributed by atoms with Gasteiger partial charge in [-0.15, -0.1) is 0 Å². The highest BCUT2D eigenvalue weighted by atomic mass is 16.2. The Morgan fingerprint density at radius 1 is 1.56 bits per heavy atom. The number of hydrogen-bond acceptors (Lipinski definition) is 4. The van der Waals surface area contributed by atoms with Crippen molar-refractivity contribution >= 4 is 17.5 Å². The van der Waals surface area contributed by atoms with E-state index in [4.69, 9.17) is 0 Å². The fourth-order valence-corrected chi connectivity index (χ4v) is 1.42. The van der Waals surface area contributed by atoms with Gasteiger partial charge in [-0.2, -0.15) is 0 Å². The van der Waals surface area contributed by atoms with Gasteiger partial charge in [-0.1, -0.05) is 0 Å². The van der Waals surface area contributed by atoms with Gasteiger partial charge in [0.2, 0.25) is 11.8 Å². The van der Waals surface area contributed by atoms with Crippen molar-refractivity contribution in [2.75, 3.05) is 18.4 Å². The molecule has 1 unspecified atom stereocenters. The lowest BCUT2D eigenvalue weighted by atomic mass is 10.2. The summed E-state index contributed by atoms with van der Waals surface area (Å²) in [5.41, 5.74) is 0.645. The Balaban J connectivity index is 1.91. The summed E-state index contributed by atoms with van der Waals surface area (Å²) < 4.78 is 0. The van der Waals surface area contributed by atoms with Crippen molar-refractivity contribution in [2.24, 2.45) is 0 Å². The predicted molar refractivity (Wildman–Crippen MR) is 57.7 cm³/mol. The topological polar surface area (TPSA) is 83.1 Å². The van der Waals surface area contributed by atoms with Crippen molar-refractivity contribution < 1.29 is 9.59 Å². The van der Waals surface area contributed by atoms with Crippen LogP contribution in [0.4, 0.5) is 5.69 Å². The molecule has 0 saturated carbocycles. The van der Waals surface area contributed by atoms with E-state index in [-0.39, 0.29) is 18.4 Å². The van der Waals surface area contributed by atoms with Crippen LogP contribution < -0.4 is 16.0 Å². The van der Waals surface area contributed by atoms with Gasteiger partial charge >= 0.3 is 0 Å². The summed E-state index contributed by atoms with van der Waals surface area (Å²) in [7, 11) is 0. The standard InChI is InChI=1S/C10H12N4O2/c15-9-6-12-8(5-13-9)10(16)14-7-2-1-3-11-4-7/h1-4,8,12H,5-6H2,(H,13,15)(H,14,16). The molecular formula is C10H12N4O2. The van der Waals surface area contributed by atoms with Crippen molar-refractivity contribution in [3.63, 3.8) is 0 Å². The van der Waals surface area contributed by atoms with Gasteiger partial charge < -0.3 is 10.6 Å². The van der Waals surface area contributed by atoms with E-state index in [9.17, 15) is 9.59 Å². The number of hydrogen-bond donors (Lipinski definition) is 3. The molecule has 1 aromatic rings. The molecule has 1 saturated heterocycles. The molecule has 0 aromatic carbocycles. The predicted octanol–water partition coefficient (Wildman–Crippen LogP) is -0.892. The normalized spacial score (nSPS) is 20.0. The van der Waals surface area contributed by atoms with E-state index in [0.29, 0.717) is 12.2 Å². The number of rotatable bonds is 2. The number of piperazine rings is 1. The lowest BCUT2D eigenvalue weighted by Crippen LogP contribution is -2.56. The van der Waals surface area contributed by atoms with Gasteiger partial charge in [0.05, 0.1) is 18.4 Å². The van der Waals surface area contributed by atoms with E-state index >= 15 is 0 Å². The third kappa shape index (κ3) is 2.54. The molecule has 1 aliphatic heterocycles. The Hall–Kier alpha value is -1.95. The number of nitrogens with one attached hydrogen (secondary N) is 3. The summed E-state index contributed by atoms with van der Waals surface area (Å²) in [4.78, 5) is 26.5. The first kappa shape index (κ1) is 10.6. The van der Waals surface area contributed by atoms with E-state index in [2.05, 4.69) is 20.9 Å². The number of carbonyl (C=O) groups is 2. The molecule has 2 heterocycles. The fourth-order valence-electron chi connectivity index (χ4n) is 1.42. The monoisotopic (exact) mass is 220 g/mol. The molecule has 2 rings (SSSR count). The second-order valence-corrected chi connectivity index (χ2v) is 3.47. The van der Waals surface area contributed by atoms with Gasteiger partial charge in [0, 0.05) is 12.7 Å². The van der Waals surface area contributed by atoms with E-state index in [1.165, 1.54) is 0 Å². The van der Waals surface area contributed by atoms with Crippen LogP contribution in [0.15, 0.2) is 24.5 Å². The second kappa shape index (κ2) is 4.71. The van der Waals surface area contributed by atoms with Gasteiger partial charge in [-0.3, -0.25) is 19.9 Å². The Morgan fingerprint density at radius 3 is 3.06 bits per heavy atom. The molecule has 1 atom stereocenters. The average molecular weight is 220 g/mol. The van der Waals surface area contributed by atoms with Crippen LogP contribution in [0.1, 0.15) is 0 Å². The lowest BCUT2D eigenvalue weighted by molar-refractivity contribution is -0.124. The zero-order valence-corrected chi connectivity index (χ0v) is 8.56. The van der Waals surface area contributed by atoms with Crippen molar-refractivity contribution in [3.8, 4) is 0 Å². The minimum Gasteiger partial charge on any atom is -0.353 e. The SMILES string of the molecule is O=C1CNC(C(=O)Nc2cccnc2)CN1. The Bertz CT molecular complexity index is 383. The maximum atomic E-state index is 11.7. The number of aromatic nitrogens is 1. The van der Waals surface area contributed by atoms with Crippen LogP contribution in [0.25, 0.3) is 0 Å². The molecule has 0 spiro atoms. The first-order valence-electron chi connectivity index (χ1n) is 4.96. The molecule has 1 aliphatic rings. The fraction of sp³-hybridized carbons (Fsp3) is 0.300. The van der Waals surface area contributed by atoms with Crippen LogP contribution in [0.3, 0.4) is 0 Å². The number of carbonyl (C=O) groups excluding carboxylic acids is 2. The van der Waals surface area contributed by atoms with Crippen molar-refractivity contribution in [3.05, 3.63) is 24.5 Å². The molecule has 0 bridgehead atoms. The molecule has 6 nitrogen and oxygen atoms in total. The molecule has 1 fully saturated rings. The van der Waals surface area contributed by atoms with Crippen LogP contribution in [-0.4, -0.2) is 35.9 Å². The highest BCUT2D eigenvalue weighted by Gasteiger charge is 2.23. The molecule has 3 N–H and O–H groups in total. The second-order valence-electron chi connectivity index (χ2n) is 3.47. The molecule has 6 heteroatoms. The van der Waals surface area contributed by atoms with Crippen LogP contribution >= 0.6 is 0 Å². The average Bonchev–Trinajstić information content (AvgIpc) is 2.31. The van der Waals surface area contributed by atoms with Gasteiger partial charge in [-0.25, -0.2) is 0 Å². The zero-order valence-electron chi connectivity index (χ0n) is 8.56. The molecule has 2 amide bonds. The van der Waals surface area contributed by atoms with E-state index in [1.807, 2.05) is 0 Å². The number of anilines is 1. The minimum absolute atomic E-state index is 0.0922. The third-order valence-electron chi connectivity index (χ3n) is 2.26. The summed E-state index contributed by atoms with van der Waals surface area (Å²) in [6.07, 6.45) is 3.20. The first-order chi connectivity index (χ1) is 7.75. The van der Waals surface area contributed by atoms with Gasteiger partial charge in [-0.05, 0) is 12.1 Å². The van der Waals surface area contributed by atoms with Crippen LogP contribution in [0, 0.1) is 0 Å². The van der Waals surface area contributed by atoms with Crippen molar-refractivity contribution in [1.82, 2.24) is 15.6 Å². The molecule has 16 heavy (non-hydrogen) atoms. The van der Waals surface area contributed by atoms with Crippen LogP contribution in [0.5, 0.6) is 0 Å². The smallest absolute Gasteiger partial charge is 0.243 e. The highest BCUT2D eigenvalue weighted by molar-refractivity contribution is 5.96. The summed E-state index contributed by atoms with van der Waals surface area (Å²) in [6.45, 7) is 0.482. The van der Waals surface area contributed by atoms with Crippen LogP contribution in [-0.2, 0) is 9.59 Å². The molecule has 0 aliphatic carbocycles. The van der Waals surface area contributed by atoms with Crippen molar-refractivity contribution in [2.45, 2.75) is 6.04 Å². The number of nitrogens with zero attached hydrogens (tertiary/aromatic N) is 1. The summed E-state index contributed by atoms with van der Waals surface area (Å²) in [5.74, 6) is -0.265. The summed E-state index contributed by atoms with van der Waals surface area (Å²) >= 11 is 0. The van der Waals surface area contributed by atoms with E-state index < -0.39 is 6.04 Å². The third-order valence-corrected chi connectivity index (χ3v) is 2.26. The largest absolute Gasteiger partial charge is 0.353 e. The van der Waals surface area contributed by atoms with E-state index in [1.54, 1.807) is 24.5 Å². The number of pyridine rings is 1. The first-order valence-corrected chi connectivity index (χ1v) is 4.96. The molecule has 84 valence electrons. The highest BCUT2D eigenvalue weighted by Crippen LogP contribution is 2.03. The zero-order chi connectivity index (χ0) is 11.4. The summed E-state index contributed by atoms with van der Waals surface area (Å²) in [5, 5.41) is 8.18. The number of amides is 2. The maximum absolute atomic E-state index is 11.7. The quantitative estimate of drug-likeness (QED) is 0.603. The van der Waals surface area contributed by atoms with E-state index in [0.717, 1.165) is 0 Å². The van der Waals surface area contributed by atoms with Gasteiger partial charge in [0.15, 0.2) is 0 Å². The van der Waals surface area contributed by atoms with Gasteiger partial charge in [0.25, 0.3) is 0 Å². The molecule has 0 radical (unpaired) electrons. The maximum Gasteiger partial charge on any atom is 0.243 e. The minimum atomic E-state index is -0.391. The van der Waals surface area contributed by atoms with Crippen LogP contribution in [0.2, 0.25) is 0 Å². The van der Waals surface area contributed by atoms with Crippen molar-refractivity contribution in [1.29, 1.82) is 0 Å². The molecular weight excluding hydrogens is 208 g/mol. The Morgan fingerprint density at radius 2 is 2.44 bits per heavy atom. The Kier molecular flexibility index (Phi) is 3.11. The molecule has 1 aromatic heterocycles. The summed E-state index contributed by atoms with van der Waals surface area (Å²) in [6, 6.07) is 3.11.